The molecular formula is C16H27NO. The number of ether oxygens (including phenoxy) is 1. The van der Waals surface area contributed by atoms with Crippen molar-refractivity contribution in [2.75, 3.05) is 13.7 Å². The fourth-order valence-electron chi connectivity index (χ4n) is 1.21. The van der Waals surface area contributed by atoms with E-state index < -0.39 is 0 Å². The van der Waals surface area contributed by atoms with Gasteiger partial charge >= 0.3 is 0 Å². The molecule has 1 aliphatic carbocycles. The molecular weight excluding hydrogens is 222 g/mol. The summed E-state index contributed by atoms with van der Waals surface area (Å²) in [6.07, 6.45) is 13.1. The van der Waals surface area contributed by atoms with Gasteiger partial charge in [-0.2, -0.15) is 0 Å². The standard InChI is InChI=1S/C10H15NO.C4H6.C2H6/c1-12-7-6-9-2-4-10(8-11)5-3-9;1-3-4-2;1-2/h2-4,8,10-11H,5-7H2,1H3;3-4H,1-2H2;1-2H3. The van der Waals surface area contributed by atoms with Crippen LogP contribution in [-0.2, 0) is 4.74 Å². The highest BCUT2D eigenvalue weighted by Crippen LogP contribution is 2.16. The molecule has 0 bridgehead atoms. The Morgan fingerprint density at radius 3 is 2.33 bits per heavy atom. The van der Waals surface area contributed by atoms with E-state index in [-0.39, 0.29) is 0 Å². The lowest BCUT2D eigenvalue weighted by Crippen LogP contribution is -2.01. The summed E-state index contributed by atoms with van der Waals surface area (Å²) in [6, 6.07) is 0. The van der Waals surface area contributed by atoms with Crippen molar-refractivity contribution in [2.24, 2.45) is 5.92 Å². The van der Waals surface area contributed by atoms with Crippen LogP contribution in [0.5, 0.6) is 0 Å². The zero-order valence-electron chi connectivity index (χ0n) is 12.0. The molecule has 0 radical (unpaired) electrons. The lowest BCUT2D eigenvalue weighted by atomic mass is 9.96. The molecule has 0 spiro atoms. The third-order valence-electron chi connectivity index (χ3n) is 2.19. The topological polar surface area (TPSA) is 33.1 Å². The zero-order chi connectivity index (χ0) is 14.2. The van der Waals surface area contributed by atoms with Gasteiger partial charge in [-0.1, -0.05) is 57.4 Å². The first kappa shape index (κ1) is 18.9. The minimum atomic E-state index is 0.316. The van der Waals surface area contributed by atoms with Gasteiger partial charge in [0.15, 0.2) is 0 Å². The van der Waals surface area contributed by atoms with Crippen LogP contribution in [0.2, 0.25) is 0 Å². The highest BCUT2D eigenvalue weighted by atomic mass is 16.5. The molecule has 1 rings (SSSR count). The van der Waals surface area contributed by atoms with E-state index in [1.54, 1.807) is 19.3 Å². The Kier molecular flexibility index (Phi) is 16.4. The second-order valence-electron chi connectivity index (χ2n) is 3.42. The molecule has 0 heterocycles. The molecule has 2 heteroatoms. The Labute approximate surface area is 112 Å². The highest BCUT2D eigenvalue weighted by Gasteiger charge is 2.04. The van der Waals surface area contributed by atoms with Gasteiger partial charge < -0.3 is 10.1 Å². The van der Waals surface area contributed by atoms with E-state index in [0.717, 1.165) is 19.4 Å². The molecule has 1 unspecified atom stereocenters. The van der Waals surface area contributed by atoms with Crippen molar-refractivity contribution in [3.05, 3.63) is 49.1 Å². The minimum absolute atomic E-state index is 0.316. The van der Waals surface area contributed by atoms with Gasteiger partial charge in [0.05, 0.1) is 6.61 Å². The molecule has 0 aromatic heterocycles. The van der Waals surface area contributed by atoms with Crippen LogP contribution in [-0.4, -0.2) is 19.9 Å². The van der Waals surface area contributed by atoms with Crippen molar-refractivity contribution in [3.63, 3.8) is 0 Å². The quantitative estimate of drug-likeness (QED) is 0.562. The van der Waals surface area contributed by atoms with Crippen LogP contribution in [0.25, 0.3) is 0 Å². The SMILES string of the molecule is C=CC=C.CC.COCCC1=CCC(C=N)C=C1. The number of methoxy groups -OCH3 is 1. The Hall–Kier alpha value is -1.41. The van der Waals surface area contributed by atoms with Crippen molar-refractivity contribution in [1.82, 2.24) is 0 Å². The Balaban J connectivity index is 0. The summed E-state index contributed by atoms with van der Waals surface area (Å²) in [5, 5.41) is 7.07. The van der Waals surface area contributed by atoms with Gasteiger partial charge in [-0.05, 0) is 18.4 Å². The van der Waals surface area contributed by atoms with Crippen LogP contribution >= 0.6 is 0 Å². The maximum absolute atomic E-state index is 7.07. The van der Waals surface area contributed by atoms with Crippen LogP contribution in [0.1, 0.15) is 26.7 Å². The predicted octanol–water partition coefficient (Wildman–Crippen LogP) is 4.56. The lowest BCUT2D eigenvalue weighted by molar-refractivity contribution is 0.202. The van der Waals surface area contributed by atoms with Crippen molar-refractivity contribution in [1.29, 1.82) is 5.41 Å². The average molecular weight is 249 g/mol. The van der Waals surface area contributed by atoms with Gasteiger partial charge in [0.25, 0.3) is 0 Å². The summed E-state index contributed by atoms with van der Waals surface area (Å²) in [5.41, 5.74) is 1.33. The molecule has 0 aromatic rings. The third kappa shape index (κ3) is 11.1. The maximum Gasteiger partial charge on any atom is 0.0502 e. The van der Waals surface area contributed by atoms with Crippen molar-refractivity contribution >= 4 is 6.21 Å². The average Bonchev–Trinajstić information content (AvgIpc) is 2.48. The van der Waals surface area contributed by atoms with Gasteiger partial charge in [0.1, 0.15) is 0 Å². The smallest absolute Gasteiger partial charge is 0.0502 e. The molecule has 0 aliphatic heterocycles. The van der Waals surface area contributed by atoms with Crippen molar-refractivity contribution in [3.8, 4) is 0 Å². The number of hydrogen-bond acceptors (Lipinski definition) is 2. The monoisotopic (exact) mass is 249 g/mol. The van der Waals surface area contributed by atoms with Crippen LogP contribution in [0.15, 0.2) is 49.1 Å². The molecule has 0 amide bonds. The maximum atomic E-state index is 7.07. The first-order valence-corrected chi connectivity index (χ1v) is 6.38. The normalized spacial score (nSPS) is 16.2. The Morgan fingerprint density at radius 2 is 2.00 bits per heavy atom. The van der Waals surface area contributed by atoms with E-state index in [4.69, 9.17) is 10.1 Å². The van der Waals surface area contributed by atoms with Crippen molar-refractivity contribution < 1.29 is 4.74 Å². The zero-order valence-corrected chi connectivity index (χ0v) is 12.0. The fraction of sp³-hybridized carbons (Fsp3) is 0.438. The summed E-state index contributed by atoms with van der Waals surface area (Å²) >= 11 is 0. The van der Waals surface area contributed by atoms with Gasteiger partial charge in [-0.15, -0.1) is 0 Å². The molecule has 1 aliphatic rings. The highest BCUT2D eigenvalue weighted by molar-refractivity contribution is 5.61. The largest absolute Gasteiger partial charge is 0.384 e. The number of rotatable bonds is 5. The van der Waals surface area contributed by atoms with Crippen molar-refractivity contribution in [2.45, 2.75) is 26.7 Å². The Morgan fingerprint density at radius 1 is 1.39 bits per heavy atom. The van der Waals surface area contributed by atoms with E-state index in [2.05, 4.69) is 31.4 Å². The van der Waals surface area contributed by atoms with Crippen LogP contribution in [0.3, 0.4) is 0 Å². The third-order valence-corrected chi connectivity index (χ3v) is 2.19. The van der Waals surface area contributed by atoms with Crippen LogP contribution < -0.4 is 0 Å². The molecule has 18 heavy (non-hydrogen) atoms. The van der Waals surface area contributed by atoms with Gasteiger partial charge in [-0.25, -0.2) is 0 Å². The van der Waals surface area contributed by atoms with Crippen LogP contribution in [0.4, 0.5) is 0 Å². The molecule has 0 saturated heterocycles. The molecule has 102 valence electrons. The van der Waals surface area contributed by atoms with Gasteiger partial charge in [0, 0.05) is 19.2 Å². The second kappa shape index (κ2) is 15.6. The molecule has 0 fully saturated rings. The summed E-state index contributed by atoms with van der Waals surface area (Å²) in [6.45, 7) is 11.5. The molecule has 1 atom stereocenters. The molecule has 0 saturated carbocycles. The predicted molar refractivity (Wildman–Crippen MR) is 82.3 cm³/mol. The Bertz CT molecular complexity index is 271. The van der Waals surface area contributed by atoms with Crippen LogP contribution in [0, 0.1) is 11.3 Å². The number of nitrogens with one attached hydrogen (secondary N) is 1. The van der Waals surface area contributed by atoms with Gasteiger partial charge in [-0.3, -0.25) is 0 Å². The fourth-order valence-corrected chi connectivity index (χ4v) is 1.21. The summed E-state index contributed by atoms with van der Waals surface area (Å²) in [7, 11) is 1.72. The summed E-state index contributed by atoms with van der Waals surface area (Å²) < 4.78 is 4.98. The van der Waals surface area contributed by atoms with E-state index in [1.165, 1.54) is 11.8 Å². The summed E-state index contributed by atoms with van der Waals surface area (Å²) in [4.78, 5) is 0. The molecule has 2 nitrogen and oxygen atoms in total. The van der Waals surface area contributed by atoms with E-state index in [1.807, 2.05) is 13.8 Å². The number of hydrogen-bond donors (Lipinski definition) is 1. The van der Waals surface area contributed by atoms with Gasteiger partial charge in [0.2, 0.25) is 0 Å². The van der Waals surface area contributed by atoms with E-state index in [0.29, 0.717) is 5.92 Å². The molecule has 0 aromatic carbocycles. The minimum Gasteiger partial charge on any atom is -0.384 e. The lowest BCUT2D eigenvalue weighted by Gasteiger charge is -2.10. The van der Waals surface area contributed by atoms with E-state index in [9.17, 15) is 0 Å². The van der Waals surface area contributed by atoms with E-state index >= 15 is 0 Å². The first-order chi connectivity index (χ1) is 8.78. The summed E-state index contributed by atoms with van der Waals surface area (Å²) in [5.74, 6) is 0.316. The first-order valence-electron chi connectivity index (χ1n) is 6.38. The number of allylic oxidation sites excluding steroid dienone is 5. The second-order valence-corrected chi connectivity index (χ2v) is 3.42. The molecule has 1 N–H and O–H groups in total.